The number of nitrogens with zero attached hydrogens (tertiary/aromatic N) is 1. The minimum Gasteiger partial charge on any atom is -0.347 e. The Hall–Kier alpha value is -2.04. The molecule has 0 atom stereocenters. The second kappa shape index (κ2) is 5.39. The standard InChI is InChI=1S/C16H23N3O2/c1-6-16(4,5)18-14(20)11-7-8-13-12(9-11)17-15(21)19(13)10(2)3/h7-10H,6H2,1-5H3,(H,17,21)(H,18,20). The summed E-state index contributed by atoms with van der Waals surface area (Å²) < 4.78 is 1.69. The maximum absolute atomic E-state index is 12.3. The fourth-order valence-electron chi connectivity index (χ4n) is 2.25. The van der Waals surface area contributed by atoms with Crippen LogP contribution in [0.1, 0.15) is 57.4 Å². The third kappa shape index (κ3) is 3.01. The molecule has 2 aromatic rings. The topological polar surface area (TPSA) is 66.9 Å². The number of nitrogens with one attached hydrogen (secondary N) is 2. The third-order valence-electron chi connectivity index (χ3n) is 3.83. The van der Waals surface area contributed by atoms with E-state index in [4.69, 9.17) is 0 Å². The van der Waals surface area contributed by atoms with Gasteiger partial charge in [0.05, 0.1) is 11.0 Å². The van der Waals surface area contributed by atoms with Crippen LogP contribution in [0.4, 0.5) is 0 Å². The molecule has 0 saturated carbocycles. The second-order valence-corrected chi connectivity index (χ2v) is 6.32. The lowest BCUT2D eigenvalue weighted by Crippen LogP contribution is -2.42. The normalized spacial score (nSPS) is 12.1. The molecule has 0 bridgehead atoms. The maximum atomic E-state index is 12.3. The van der Waals surface area contributed by atoms with Gasteiger partial charge in [0.1, 0.15) is 0 Å². The number of H-pyrrole nitrogens is 1. The van der Waals surface area contributed by atoms with E-state index in [1.54, 1.807) is 16.7 Å². The van der Waals surface area contributed by atoms with Gasteiger partial charge >= 0.3 is 5.69 Å². The van der Waals surface area contributed by atoms with Gasteiger partial charge in [0.15, 0.2) is 0 Å². The second-order valence-electron chi connectivity index (χ2n) is 6.32. The van der Waals surface area contributed by atoms with Crippen molar-refractivity contribution in [2.75, 3.05) is 0 Å². The number of hydrogen-bond acceptors (Lipinski definition) is 2. The van der Waals surface area contributed by atoms with Crippen LogP contribution in [-0.2, 0) is 0 Å². The zero-order valence-electron chi connectivity index (χ0n) is 13.3. The molecule has 5 nitrogen and oxygen atoms in total. The lowest BCUT2D eigenvalue weighted by Gasteiger charge is -2.24. The Morgan fingerprint density at radius 3 is 2.62 bits per heavy atom. The van der Waals surface area contributed by atoms with E-state index in [2.05, 4.69) is 10.3 Å². The molecule has 1 heterocycles. The molecule has 0 unspecified atom stereocenters. The SMILES string of the molecule is CCC(C)(C)NC(=O)c1ccc2c(c1)[nH]c(=O)n2C(C)C. The average Bonchev–Trinajstić information content (AvgIpc) is 2.72. The number of aromatic nitrogens is 2. The van der Waals surface area contributed by atoms with Gasteiger partial charge in [-0.2, -0.15) is 0 Å². The van der Waals surface area contributed by atoms with E-state index in [9.17, 15) is 9.59 Å². The van der Waals surface area contributed by atoms with Gasteiger partial charge in [0.2, 0.25) is 0 Å². The molecule has 1 aromatic carbocycles. The van der Waals surface area contributed by atoms with E-state index >= 15 is 0 Å². The van der Waals surface area contributed by atoms with Gasteiger partial charge in [0, 0.05) is 17.1 Å². The van der Waals surface area contributed by atoms with Crippen molar-refractivity contribution in [3.63, 3.8) is 0 Å². The number of fused-ring (bicyclic) bond motifs is 1. The Balaban J connectivity index is 2.41. The smallest absolute Gasteiger partial charge is 0.326 e. The summed E-state index contributed by atoms with van der Waals surface area (Å²) in [7, 11) is 0. The van der Waals surface area contributed by atoms with Gasteiger partial charge in [0.25, 0.3) is 5.91 Å². The van der Waals surface area contributed by atoms with Crippen LogP contribution >= 0.6 is 0 Å². The summed E-state index contributed by atoms with van der Waals surface area (Å²) in [6.07, 6.45) is 0.849. The molecule has 0 spiro atoms. The highest BCUT2D eigenvalue weighted by Crippen LogP contribution is 2.17. The van der Waals surface area contributed by atoms with E-state index in [1.807, 2.05) is 40.7 Å². The van der Waals surface area contributed by atoms with Crippen LogP contribution < -0.4 is 11.0 Å². The molecule has 2 rings (SSSR count). The first kappa shape index (κ1) is 15.4. The molecule has 1 amide bonds. The van der Waals surface area contributed by atoms with Gasteiger partial charge in [-0.15, -0.1) is 0 Å². The van der Waals surface area contributed by atoms with Crippen LogP contribution in [0.25, 0.3) is 11.0 Å². The van der Waals surface area contributed by atoms with Crippen LogP contribution in [0.15, 0.2) is 23.0 Å². The molecule has 2 N–H and O–H groups in total. The van der Waals surface area contributed by atoms with Crippen LogP contribution in [0, 0.1) is 0 Å². The Kier molecular flexibility index (Phi) is 3.94. The molecule has 0 aliphatic heterocycles. The quantitative estimate of drug-likeness (QED) is 0.909. The van der Waals surface area contributed by atoms with Gasteiger partial charge in [-0.1, -0.05) is 6.92 Å². The summed E-state index contributed by atoms with van der Waals surface area (Å²) in [5.41, 5.74) is 1.67. The number of imidazole rings is 1. The van der Waals surface area contributed by atoms with E-state index < -0.39 is 0 Å². The van der Waals surface area contributed by atoms with Crippen LogP contribution in [0.2, 0.25) is 0 Å². The van der Waals surface area contributed by atoms with Crippen molar-refractivity contribution < 1.29 is 4.79 Å². The predicted octanol–water partition coefficient (Wildman–Crippen LogP) is 2.83. The maximum Gasteiger partial charge on any atom is 0.326 e. The van der Waals surface area contributed by atoms with Crippen molar-refractivity contribution in [1.29, 1.82) is 0 Å². The molecule has 0 radical (unpaired) electrons. The number of carbonyl (C=O) groups excluding carboxylic acids is 1. The number of carbonyl (C=O) groups is 1. The third-order valence-corrected chi connectivity index (χ3v) is 3.83. The first-order chi connectivity index (χ1) is 9.75. The first-order valence-electron chi connectivity index (χ1n) is 7.32. The first-order valence-corrected chi connectivity index (χ1v) is 7.32. The highest BCUT2D eigenvalue weighted by Gasteiger charge is 2.19. The van der Waals surface area contributed by atoms with E-state index in [-0.39, 0.29) is 23.2 Å². The monoisotopic (exact) mass is 289 g/mol. The lowest BCUT2D eigenvalue weighted by molar-refractivity contribution is 0.0911. The summed E-state index contributed by atoms with van der Waals surface area (Å²) in [4.78, 5) is 27.0. The van der Waals surface area contributed by atoms with Crippen molar-refractivity contribution in [2.24, 2.45) is 0 Å². The lowest BCUT2D eigenvalue weighted by atomic mass is 10.0. The number of benzene rings is 1. The molecule has 5 heteroatoms. The molecule has 0 fully saturated rings. The molecular formula is C16H23N3O2. The molecule has 1 aromatic heterocycles. The largest absolute Gasteiger partial charge is 0.347 e. The average molecular weight is 289 g/mol. The van der Waals surface area contributed by atoms with Gasteiger partial charge in [-0.3, -0.25) is 9.36 Å². The van der Waals surface area contributed by atoms with E-state index in [0.29, 0.717) is 11.1 Å². The number of hydrogen-bond donors (Lipinski definition) is 2. The zero-order chi connectivity index (χ0) is 15.8. The molecule has 0 aliphatic carbocycles. The summed E-state index contributed by atoms with van der Waals surface area (Å²) in [5.74, 6) is -0.123. The number of rotatable bonds is 4. The van der Waals surface area contributed by atoms with Crippen LogP contribution in [-0.4, -0.2) is 21.0 Å². The predicted molar refractivity (Wildman–Crippen MR) is 84.8 cm³/mol. The van der Waals surface area contributed by atoms with Crippen LogP contribution in [0.3, 0.4) is 0 Å². The van der Waals surface area contributed by atoms with Gasteiger partial charge in [-0.05, 0) is 52.3 Å². The minimum atomic E-state index is -0.247. The minimum absolute atomic E-state index is 0.0740. The summed E-state index contributed by atoms with van der Waals surface area (Å²) in [6.45, 7) is 9.92. The van der Waals surface area contributed by atoms with E-state index in [0.717, 1.165) is 11.9 Å². The Bertz CT molecular complexity index is 723. The Morgan fingerprint density at radius 1 is 1.38 bits per heavy atom. The fourth-order valence-corrected chi connectivity index (χ4v) is 2.25. The summed E-state index contributed by atoms with van der Waals surface area (Å²) in [5, 5.41) is 2.99. The Morgan fingerprint density at radius 2 is 2.05 bits per heavy atom. The molecule has 0 aliphatic rings. The fraction of sp³-hybridized carbons (Fsp3) is 0.500. The molecular weight excluding hydrogens is 266 g/mol. The van der Waals surface area contributed by atoms with Crippen molar-refractivity contribution in [3.05, 3.63) is 34.2 Å². The number of aromatic amines is 1. The van der Waals surface area contributed by atoms with Crippen LogP contribution in [0.5, 0.6) is 0 Å². The summed E-state index contributed by atoms with van der Waals surface area (Å²) >= 11 is 0. The molecule has 21 heavy (non-hydrogen) atoms. The molecule has 114 valence electrons. The van der Waals surface area contributed by atoms with Gasteiger partial charge < -0.3 is 10.3 Å². The zero-order valence-corrected chi connectivity index (χ0v) is 13.3. The Labute approximate surface area is 124 Å². The van der Waals surface area contributed by atoms with E-state index in [1.165, 1.54) is 0 Å². The molecule has 0 saturated heterocycles. The highest BCUT2D eigenvalue weighted by molar-refractivity contribution is 5.97. The summed E-state index contributed by atoms with van der Waals surface area (Å²) in [6, 6.07) is 5.39. The van der Waals surface area contributed by atoms with Crippen molar-refractivity contribution in [1.82, 2.24) is 14.9 Å². The van der Waals surface area contributed by atoms with Gasteiger partial charge in [-0.25, -0.2) is 4.79 Å². The number of amides is 1. The van der Waals surface area contributed by atoms with Crippen molar-refractivity contribution in [2.45, 2.75) is 52.6 Å². The van der Waals surface area contributed by atoms with Crippen molar-refractivity contribution >= 4 is 16.9 Å². The highest BCUT2D eigenvalue weighted by atomic mass is 16.2. The van der Waals surface area contributed by atoms with Crippen molar-refractivity contribution in [3.8, 4) is 0 Å².